The number of benzene rings is 1. The molecular formula is C34H49FN6O5. The fourth-order valence-corrected chi connectivity index (χ4v) is 7.77. The Morgan fingerprint density at radius 3 is 2.02 bits per heavy atom. The molecule has 5 aliphatic rings. The molecule has 252 valence electrons. The molecule has 46 heavy (non-hydrogen) atoms. The van der Waals surface area contributed by atoms with E-state index in [1.807, 2.05) is 25.7 Å². The molecule has 1 N–H and O–H groups in total. The molecule has 4 heterocycles. The number of hydrogen-bond donors (Lipinski definition) is 1. The summed E-state index contributed by atoms with van der Waals surface area (Å²) in [4.78, 5) is 59.7. The average Bonchev–Trinajstić information content (AvgIpc) is 3.35. The van der Waals surface area contributed by atoms with E-state index in [4.69, 9.17) is 4.74 Å². The van der Waals surface area contributed by atoms with Crippen molar-refractivity contribution in [2.24, 2.45) is 11.8 Å². The van der Waals surface area contributed by atoms with E-state index >= 15 is 4.39 Å². The van der Waals surface area contributed by atoms with Gasteiger partial charge in [-0.25, -0.2) is 9.18 Å². The third kappa shape index (κ3) is 7.33. The van der Waals surface area contributed by atoms with Crippen LogP contribution in [0.4, 0.5) is 14.9 Å². The fraction of sp³-hybridized carbons (Fsp3) is 0.706. The smallest absolute Gasteiger partial charge is 0.410 e. The van der Waals surface area contributed by atoms with E-state index < -0.39 is 17.6 Å². The first-order valence-corrected chi connectivity index (χ1v) is 17.1. The monoisotopic (exact) mass is 640 g/mol. The van der Waals surface area contributed by atoms with Crippen molar-refractivity contribution in [3.05, 3.63) is 29.1 Å². The molecule has 1 aromatic carbocycles. The van der Waals surface area contributed by atoms with Gasteiger partial charge in [-0.3, -0.25) is 29.5 Å². The number of piperidine rings is 1. The Bertz CT molecular complexity index is 1330. The lowest BCUT2D eigenvalue weighted by Gasteiger charge is -2.40. The van der Waals surface area contributed by atoms with E-state index in [2.05, 4.69) is 20.0 Å². The molecular weight excluding hydrogens is 591 g/mol. The number of halogens is 1. The van der Waals surface area contributed by atoms with Gasteiger partial charge in [0.05, 0.1) is 12.2 Å². The van der Waals surface area contributed by atoms with Crippen molar-refractivity contribution in [1.82, 2.24) is 24.9 Å². The molecule has 1 unspecified atom stereocenters. The lowest BCUT2D eigenvalue weighted by Crippen LogP contribution is -2.52. The summed E-state index contributed by atoms with van der Waals surface area (Å²) in [7, 11) is 0. The van der Waals surface area contributed by atoms with Crippen LogP contribution in [-0.2, 0) is 20.9 Å². The number of nitrogens with one attached hydrogen (secondary N) is 1. The van der Waals surface area contributed by atoms with Gasteiger partial charge in [-0.05, 0) is 76.8 Å². The second kappa shape index (κ2) is 13.5. The zero-order valence-corrected chi connectivity index (χ0v) is 27.6. The van der Waals surface area contributed by atoms with Crippen LogP contribution in [0.3, 0.4) is 0 Å². The van der Waals surface area contributed by atoms with Gasteiger partial charge in [0.15, 0.2) is 5.82 Å². The highest BCUT2D eigenvalue weighted by Crippen LogP contribution is 2.35. The maximum atomic E-state index is 15.8. The zero-order chi connectivity index (χ0) is 32.6. The summed E-state index contributed by atoms with van der Waals surface area (Å²) < 4.78 is 21.3. The molecule has 6 rings (SSSR count). The van der Waals surface area contributed by atoms with Crippen molar-refractivity contribution in [3.8, 4) is 0 Å². The lowest BCUT2D eigenvalue weighted by molar-refractivity contribution is -0.136. The van der Waals surface area contributed by atoms with Crippen LogP contribution < -0.4 is 10.2 Å². The second-order valence-electron chi connectivity index (χ2n) is 14.8. The lowest BCUT2D eigenvalue weighted by atomic mass is 9.81. The highest BCUT2D eigenvalue weighted by atomic mass is 19.1. The minimum absolute atomic E-state index is 0.0467. The molecule has 1 aliphatic carbocycles. The van der Waals surface area contributed by atoms with E-state index in [1.54, 1.807) is 12.1 Å². The Morgan fingerprint density at radius 1 is 0.870 bits per heavy atom. The topological polar surface area (TPSA) is 106 Å². The Hall–Kier alpha value is -3.25. The van der Waals surface area contributed by atoms with Crippen LogP contribution in [0, 0.1) is 17.7 Å². The van der Waals surface area contributed by atoms with Gasteiger partial charge in [0.1, 0.15) is 11.6 Å². The molecule has 4 amide bonds. The maximum absolute atomic E-state index is 15.8. The van der Waals surface area contributed by atoms with Crippen molar-refractivity contribution in [2.45, 2.75) is 77.5 Å². The average molecular weight is 641 g/mol. The third-order valence-electron chi connectivity index (χ3n) is 10.4. The minimum atomic E-state index is -0.749. The van der Waals surface area contributed by atoms with Crippen molar-refractivity contribution < 1.29 is 28.3 Å². The van der Waals surface area contributed by atoms with Gasteiger partial charge < -0.3 is 19.4 Å². The van der Waals surface area contributed by atoms with Crippen LogP contribution in [0.1, 0.15) is 75.2 Å². The molecule has 1 atom stereocenters. The predicted molar refractivity (Wildman–Crippen MR) is 171 cm³/mol. The number of piperazine rings is 2. The third-order valence-corrected chi connectivity index (χ3v) is 10.4. The number of carbonyl (C=O) groups excluding carboxylic acids is 4. The van der Waals surface area contributed by atoms with Gasteiger partial charge >= 0.3 is 6.09 Å². The molecule has 1 saturated carbocycles. The highest BCUT2D eigenvalue weighted by Gasteiger charge is 2.41. The number of fused-ring (bicyclic) bond motifs is 1. The van der Waals surface area contributed by atoms with Gasteiger partial charge in [0.25, 0.3) is 5.91 Å². The van der Waals surface area contributed by atoms with Crippen molar-refractivity contribution in [2.75, 3.05) is 70.3 Å². The van der Waals surface area contributed by atoms with Gasteiger partial charge in [-0.1, -0.05) is 0 Å². The first kappa shape index (κ1) is 32.7. The van der Waals surface area contributed by atoms with Crippen molar-refractivity contribution in [3.63, 3.8) is 0 Å². The van der Waals surface area contributed by atoms with Gasteiger partial charge in [0, 0.05) is 83.0 Å². The summed E-state index contributed by atoms with van der Waals surface area (Å²) in [5.74, 6) is -0.157. The van der Waals surface area contributed by atoms with Gasteiger partial charge in [0.2, 0.25) is 11.8 Å². The van der Waals surface area contributed by atoms with E-state index in [9.17, 15) is 19.2 Å². The maximum Gasteiger partial charge on any atom is 0.410 e. The molecule has 11 nitrogen and oxygen atoms in total. The SMILES string of the molecule is CC(C)(C)OC(=O)N1CCN(C[C@H]2CC[C@H](CN3CCN(c4ccc5c(c4F)CN(C4CCC(=O)NC4=O)C5=O)CC3)CC2)CC1. The van der Waals surface area contributed by atoms with Crippen LogP contribution in [-0.4, -0.2) is 121 Å². The number of nitrogens with zero attached hydrogens (tertiary/aromatic N) is 5. The fourth-order valence-electron chi connectivity index (χ4n) is 7.77. The summed E-state index contributed by atoms with van der Waals surface area (Å²) in [6.07, 6.45) is 5.18. The normalized spacial score (nSPS) is 26.7. The van der Waals surface area contributed by atoms with E-state index in [-0.39, 0.29) is 43.1 Å². The molecule has 0 aromatic heterocycles. The molecule has 12 heteroatoms. The molecule has 4 fully saturated rings. The first-order valence-electron chi connectivity index (χ1n) is 17.1. The number of hydrogen-bond acceptors (Lipinski definition) is 8. The van der Waals surface area contributed by atoms with E-state index in [0.717, 1.165) is 65.4 Å². The molecule has 0 radical (unpaired) electrons. The Labute approximate surface area is 271 Å². The van der Waals surface area contributed by atoms with Crippen molar-refractivity contribution in [1.29, 1.82) is 0 Å². The Morgan fingerprint density at radius 2 is 1.46 bits per heavy atom. The van der Waals surface area contributed by atoms with E-state index in [1.165, 1.54) is 30.6 Å². The molecule has 0 bridgehead atoms. The summed E-state index contributed by atoms with van der Waals surface area (Å²) in [6.45, 7) is 14.4. The number of anilines is 1. The van der Waals surface area contributed by atoms with Gasteiger partial charge in [-0.2, -0.15) is 0 Å². The molecule has 0 spiro atoms. The molecule has 1 aromatic rings. The Kier molecular flexibility index (Phi) is 9.57. The number of rotatable bonds is 6. The highest BCUT2D eigenvalue weighted by molar-refractivity contribution is 6.05. The number of amides is 4. The number of ether oxygens (including phenoxy) is 1. The number of carbonyl (C=O) groups is 4. The zero-order valence-electron chi connectivity index (χ0n) is 27.6. The standard InChI is InChI=1S/C34H49FN6O5/c1-34(2,3)46-33(45)40-18-14-38(15-19-40)21-24-6-4-23(5-7-24)20-37-12-16-39(17-13-37)27-9-8-25-26(30(27)35)22-41(32(25)44)28-10-11-29(42)36-31(28)43/h8-9,23-24,28H,4-7,10-22H2,1-3H3,(H,36,42,43)/t23-,24-,28?. The van der Waals surface area contributed by atoms with Crippen LogP contribution in [0.25, 0.3) is 0 Å². The minimum Gasteiger partial charge on any atom is -0.444 e. The quantitative estimate of drug-likeness (QED) is 0.474. The molecule has 3 saturated heterocycles. The first-order chi connectivity index (χ1) is 21.9. The van der Waals surface area contributed by atoms with Crippen LogP contribution >= 0.6 is 0 Å². The second-order valence-corrected chi connectivity index (χ2v) is 14.8. The van der Waals surface area contributed by atoms with Gasteiger partial charge in [-0.15, -0.1) is 0 Å². The largest absolute Gasteiger partial charge is 0.444 e. The number of imide groups is 1. The summed E-state index contributed by atoms with van der Waals surface area (Å²) in [5, 5.41) is 2.30. The Balaban J connectivity index is 0.925. The van der Waals surface area contributed by atoms with Crippen molar-refractivity contribution >= 4 is 29.5 Å². The summed E-state index contributed by atoms with van der Waals surface area (Å²) in [5.41, 5.74) is 0.706. The summed E-state index contributed by atoms with van der Waals surface area (Å²) >= 11 is 0. The predicted octanol–water partition coefficient (Wildman–Crippen LogP) is 3.07. The van der Waals surface area contributed by atoms with Crippen LogP contribution in [0.5, 0.6) is 0 Å². The van der Waals surface area contributed by atoms with Crippen LogP contribution in [0.15, 0.2) is 12.1 Å². The summed E-state index contributed by atoms with van der Waals surface area (Å²) in [6, 6.07) is 2.64. The van der Waals surface area contributed by atoms with E-state index in [0.29, 0.717) is 28.7 Å². The molecule has 4 aliphatic heterocycles. The van der Waals surface area contributed by atoms with Crippen LogP contribution in [0.2, 0.25) is 0 Å².